The fourth-order valence-electron chi connectivity index (χ4n) is 5.47. The molecule has 1 N–H and O–H groups in total. The molecule has 0 aromatic carbocycles. The van der Waals surface area contributed by atoms with Gasteiger partial charge in [-0.2, -0.15) is 0 Å². The molecule has 0 saturated heterocycles. The number of aliphatic hydroxyl groups excluding tert-OH is 1. The van der Waals surface area contributed by atoms with Gasteiger partial charge in [0.1, 0.15) is 0 Å². The van der Waals surface area contributed by atoms with Crippen molar-refractivity contribution in [1.82, 2.24) is 0 Å². The molecular weight excluding hydrogens is 531 g/mol. The van der Waals surface area contributed by atoms with Crippen molar-refractivity contribution in [3.63, 3.8) is 0 Å². The first kappa shape index (κ1) is 32.9. The summed E-state index contributed by atoms with van der Waals surface area (Å²) in [5.74, 6) is -0.146. The van der Waals surface area contributed by atoms with E-state index in [1.165, 1.54) is 51.8 Å². The van der Waals surface area contributed by atoms with Crippen LogP contribution in [0.1, 0.15) is 107 Å². The second kappa shape index (κ2) is 17.4. The minimum atomic E-state index is -2.38. The van der Waals surface area contributed by atoms with Gasteiger partial charge in [-0.05, 0) is 0 Å². The van der Waals surface area contributed by atoms with Crippen molar-refractivity contribution in [2.45, 2.75) is 143 Å². The van der Waals surface area contributed by atoms with E-state index in [1.54, 1.807) is 12.2 Å². The van der Waals surface area contributed by atoms with E-state index in [0.717, 1.165) is 0 Å². The summed E-state index contributed by atoms with van der Waals surface area (Å²) in [7, 11) is -2.20. The maximum atomic E-state index is 12.7. The SMILES string of the molecule is CCC[CH2][Sn](/[CH]=C/C(O)/C=C/CC(=O)O[Si](C(C)C)(C(C)C)C(C)C)([CH2]CCC)[CH2]CCC. The second-order valence-corrected chi connectivity index (χ2v) is 29.3. The van der Waals surface area contributed by atoms with E-state index in [1.807, 2.05) is 6.08 Å². The quantitative estimate of drug-likeness (QED) is 0.129. The molecule has 0 spiro atoms. The Morgan fingerprint density at radius 1 is 0.818 bits per heavy atom. The molecule has 0 radical (unpaired) electrons. The molecule has 0 aromatic rings. The summed E-state index contributed by atoms with van der Waals surface area (Å²) in [5.41, 5.74) is 1.15. The third-order valence-corrected chi connectivity index (χ3v) is 27.5. The molecule has 0 fully saturated rings. The average Bonchev–Trinajstić information content (AvgIpc) is 2.75. The Kier molecular flexibility index (Phi) is 17.3. The van der Waals surface area contributed by atoms with Gasteiger partial charge in [-0.3, -0.25) is 0 Å². The van der Waals surface area contributed by atoms with E-state index >= 15 is 0 Å². The number of rotatable bonds is 18. The first-order valence-electron chi connectivity index (χ1n) is 13.8. The van der Waals surface area contributed by atoms with Gasteiger partial charge >= 0.3 is 213 Å². The Morgan fingerprint density at radius 2 is 1.24 bits per heavy atom. The predicted molar refractivity (Wildman–Crippen MR) is 151 cm³/mol. The van der Waals surface area contributed by atoms with Crippen LogP contribution in [0.5, 0.6) is 0 Å². The number of aliphatic hydroxyl groups is 1. The summed E-state index contributed by atoms with van der Waals surface area (Å²) >= 11 is -2.38. The van der Waals surface area contributed by atoms with Crippen LogP contribution in [0.4, 0.5) is 0 Å². The number of carbonyl (C=O) groups excluding carboxylic acids is 1. The van der Waals surface area contributed by atoms with Crippen LogP contribution >= 0.6 is 0 Å². The molecule has 0 saturated carbocycles. The van der Waals surface area contributed by atoms with Gasteiger partial charge in [-0.25, -0.2) is 0 Å². The fourth-order valence-corrected chi connectivity index (χ4v) is 25.0. The zero-order valence-corrected chi connectivity index (χ0v) is 27.3. The molecule has 0 bridgehead atoms. The zero-order valence-electron chi connectivity index (χ0n) is 23.5. The fraction of sp³-hybridized carbons (Fsp3) is 0.821. The molecule has 1 atom stereocenters. The van der Waals surface area contributed by atoms with Gasteiger partial charge in [-0.15, -0.1) is 0 Å². The van der Waals surface area contributed by atoms with Crippen molar-refractivity contribution in [1.29, 1.82) is 0 Å². The molecule has 3 nitrogen and oxygen atoms in total. The van der Waals surface area contributed by atoms with Crippen molar-refractivity contribution in [2.24, 2.45) is 0 Å². The molecule has 0 rings (SSSR count). The van der Waals surface area contributed by atoms with E-state index in [2.05, 4.69) is 66.4 Å². The van der Waals surface area contributed by atoms with Gasteiger partial charge in [0, 0.05) is 0 Å². The van der Waals surface area contributed by atoms with Crippen LogP contribution in [0.15, 0.2) is 22.3 Å². The number of unbranched alkanes of at least 4 members (excludes halogenated alkanes) is 3. The zero-order chi connectivity index (χ0) is 25.5. The van der Waals surface area contributed by atoms with E-state index in [4.69, 9.17) is 4.43 Å². The summed E-state index contributed by atoms with van der Waals surface area (Å²) in [6.07, 6.45) is 13.0. The van der Waals surface area contributed by atoms with Crippen LogP contribution in [0.3, 0.4) is 0 Å². The molecule has 0 aromatic heterocycles. The Morgan fingerprint density at radius 3 is 1.61 bits per heavy atom. The van der Waals surface area contributed by atoms with Crippen molar-refractivity contribution >= 4 is 32.7 Å². The third kappa shape index (κ3) is 11.5. The monoisotopic (exact) mass is 588 g/mol. The standard InChI is InChI=1S/C16H29O3Si.3C4H9.Sn/c1-8-15(17)10-9-11-16(18)19-20(12(2)3,13(4)5)14(6)7;3*1-3-4-2;/h1,8-10,12-15,17H,11H2,2-7H3;3*1,3-4H2,2H3;/b8-1?,10-9+;;;;. The molecule has 33 heavy (non-hydrogen) atoms. The van der Waals surface area contributed by atoms with Gasteiger partial charge in [0.05, 0.1) is 0 Å². The molecule has 5 heteroatoms. The number of hydrogen-bond donors (Lipinski definition) is 1. The van der Waals surface area contributed by atoms with Crippen molar-refractivity contribution in [2.75, 3.05) is 0 Å². The minimum absolute atomic E-state index is 0.146. The van der Waals surface area contributed by atoms with Gasteiger partial charge in [0.25, 0.3) is 0 Å². The molecule has 0 aliphatic rings. The first-order valence-corrected chi connectivity index (χ1v) is 23.6. The molecule has 0 aliphatic carbocycles. The Bertz CT molecular complexity index is 540. The topological polar surface area (TPSA) is 46.5 Å². The predicted octanol–water partition coefficient (Wildman–Crippen LogP) is 8.96. The molecule has 0 aliphatic heterocycles. The van der Waals surface area contributed by atoms with Gasteiger partial charge in [0.2, 0.25) is 0 Å². The molecule has 0 heterocycles. The number of carbonyl (C=O) groups is 1. The Labute approximate surface area is 211 Å². The van der Waals surface area contributed by atoms with Crippen molar-refractivity contribution < 1.29 is 14.3 Å². The summed E-state index contributed by atoms with van der Waals surface area (Å²) in [5, 5.41) is 10.6. The van der Waals surface area contributed by atoms with Crippen LogP contribution in [-0.4, -0.2) is 43.9 Å². The summed E-state index contributed by atoms with van der Waals surface area (Å²) in [6.45, 7) is 20.0. The van der Waals surface area contributed by atoms with E-state index in [0.29, 0.717) is 16.6 Å². The van der Waals surface area contributed by atoms with Crippen LogP contribution in [0, 0.1) is 0 Å². The summed E-state index contributed by atoms with van der Waals surface area (Å²) < 4.78 is 12.9. The number of hydrogen-bond acceptors (Lipinski definition) is 3. The molecular formula is C28H56O3SiSn. The van der Waals surface area contributed by atoms with Gasteiger partial charge in [-0.1, -0.05) is 0 Å². The van der Waals surface area contributed by atoms with Gasteiger partial charge in [0.15, 0.2) is 0 Å². The Balaban J connectivity index is 5.24. The van der Waals surface area contributed by atoms with Crippen LogP contribution in [0.2, 0.25) is 29.9 Å². The average molecular weight is 588 g/mol. The maximum absolute atomic E-state index is 12.7. The van der Waals surface area contributed by atoms with Crippen LogP contribution < -0.4 is 0 Å². The van der Waals surface area contributed by atoms with E-state index in [9.17, 15) is 9.90 Å². The van der Waals surface area contributed by atoms with Crippen LogP contribution in [0.25, 0.3) is 0 Å². The normalized spacial score (nSPS) is 14.3. The summed E-state index contributed by atoms with van der Waals surface area (Å²) in [6, 6.07) is 0. The van der Waals surface area contributed by atoms with E-state index in [-0.39, 0.29) is 12.4 Å². The van der Waals surface area contributed by atoms with Crippen LogP contribution in [-0.2, 0) is 9.22 Å². The molecule has 194 valence electrons. The van der Waals surface area contributed by atoms with Crippen molar-refractivity contribution in [3.8, 4) is 0 Å². The van der Waals surface area contributed by atoms with E-state index < -0.39 is 32.8 Å². The second-order valence-electron chi connectivity index (χ2n) is 10.9. The molecule has 1 unspecified atom stereocenters. The van der Waals surface area contributed by atoms with Crippen molar-refractivity contribution in [3.05, 3.63) is 22.3 Å². The first-order chi connectivity index (χ1) is 15.5. The molecule has 0 amide bonds. The van der Waals surface area contributed by atoms with Gasteiger partial charge < -0.3 is 0 Å². The Hall–Kier alpha value is -0.0744. The summed E-state index contributed by atoms with van der Waals surface area (Å²) in [4.78, 5) is 12.7. The third-order valence-electron chi connectivity index (χ3n) is 7.35.